The molecule has 0 saturated carbocycles. The summed E-state index contributed by atoms with van der Waals surface area (Å²) in [6.07, 6.45) is 9.37. The van der Waals surface area contributed by atoms with Crippen molar-refractivity contribution in [3.63, 3.8) is 0 Å². The average Bonchev–Trinajstić information content (AvgIpc) is 2.57. The van der Waals surface area contributed by atoms with Gasteiger partial charge in [0.2, 0.25) is 5.78 Å². The summed E-state index contributed by atoms with van der Waals surface area (Å²) in [5, 5.41) is 0. The zero-order chi connectivity index (χ0) is 17.0. The van der Waals surface area contributed by atoms with Crippen molar-refractivity contribution >= 4 is 11.6 Å². The highest BCUT2D eigenvalue weighted by atomic mass is 16.5. The summed E-state index contributed by atoms with van der Waals surface area (Å²) in [7, 11) is 1.67. The van der Waals surface area contributed by atoms with Crippen molar-refractivity contribution in [2.45, 2.75) is 32.9 Å². The Morgan fingerprint density at radius 3 is 2.52 bits per heavy atom. The first-order chi connectivity index (χ1) is 11.1. The van der Waals surface area contributed by atoms with E-state index in [-0.39, 0.29) is 17.7 Å². The standard InChI is InChI=1S/C19H22NO3/c1-5-8-15-14(7-3)18(21)16-9-10-20(11-13(6-2)23-4)12-17(16)19(15)22/h5,7-10,12-13H,3,6,11H2,1-2,4H3/q+1/b8-5-. The lowest BCUT2D eigenvalue weighted by Gasteiger charge is -2.17. The van der Waals surface area contributed by atoms with E-state index in [1.807, 2.05) is 24.6 Å². The molecular formula is C19H22NO3+. The SMILES string of the molecule is C=CC1=C(/C=C\C)C(=O)c2c[n+](CC(CC)OC)ccc2C1=O. The van der Waals surface area contributed by atoms with Crippen molar-refractivity contribution in [3.8, 4) is 0 Å². The Labute approximate surface area is 136 Å². The topological polar surface area (TPSA) is 47.2 Å². The number of methoxy groups -OCH3 is 1. The Morgan fingerprint density at radius 1 is 1.26 bits per heavy atom. The monoisotopic (exact) mass is 312 g/mol. The van der Waals surface area contributed by atoms with Crippen LogP contribution in [0.3, 0.4) is 0 Å². The molecule has 0 fully saturated rings. The molecule has 0 amide bonds. The number of pyridine rings is 1. The zero-order valence-electron chi connectivity index (χ0n) is 13.8. The molecule has 0 aromatic carbocycles. The smallest absolute Gasteiger partial charge is 0.200 e. The summed E-state index contributed by atoms with van der Waals surface area (Å²) < 4.78 is 7.28. The third-order valence-electron chi connectivity index (χ3n) is 4.03. The molecule has 1 aliphatic rings. The summed E-state index contributed by atoms with van der Waals surface area (Å²) in [4.78, 5) is 25.3. The van der Waals surface area contributed by atoms with Crippen LogP contribution in [0.4, 0.5) is 0 Å². The lowest BCUT2D eigenvalue weighted by atomic mass is 9.84. The molecule has 1 atom stereocenters. The number of fused-ring (bicyclic) bond motifs is 1. The minimum Gasteiger partial charge on any atom is -0.375 e. The Balaban J connectivity index is 2.49. The van der Waals surface area contributed by atoms with Gasteiger partial charge in [0.25, 0.3) is 0 Å². The number of hydrogen-bond acceptors (Lipinski definition) is 3. The molecule has 1 aromatic rings. The highest BCUT2D eigenvalue weighted by Gasteiger charge is 2.32. The van der Waals surface area contributed by atoms with Crippen molar-refractivity contribution in [3.05, 3.63) is 65.5 Å². The first-order valence-electron chi connectivity index (χ1n) is 7.72. The molecule has 0 spiro atoms. The number of carbonyl (C=O) groups excluding carboxylic acids is 2. The largest absolute Gasteiger partial charge is 0.375 e. The van der Waals surface area contributed by atoms with Gasteiger partial charge in [0.15, 0.2) is 24.7 Å². The molecule has 0 saturated heterocycles. The first kappa shape index (κ1) is 17.0. The predicted octanol–water partition coefficient (Wildman–Crippen LogP) is 2.84. The number of Topliss-reactive ketones (excluding diaryl/α,β-unsaturated/α-hetero) is 2. The average molecular weight is 312 g/mol. The number of nitrogens with zero attached hydrogens (tertiary/aromatic N) is 1. The lowest BCUT2D eigenvalue weighted by molar-refractivity contribution is -0.704. The Morgan fingerprint density at radius 2 is 1.96 bits per heavy atom. The summed E-state index contributed by atoms with van der Waals surface area (Å²) in [6.45, 7) is 8.17. The fourth-order valence-electron chi connectivity index (χ4n) is 2.71. The summed E-state index contributed by atoms with van der Waals surface area (Å²) in [5.74, 6) is -0.305. The number of allylic oxidation sites excluding steroid dienone is 5. The minimum absolute atomic E-state index is 0.0710. The molecule has 0 N–H and O–H groups in total. The maximum absolute atomic E-state index is 12.7. The fourth-order valence-corrected chi connectivity index (χ4v) is 2.71. The number of carbonyl (C=O) groups is 2. The van der Waals surface area contributed by atoms with E-state index in [1.165, 1.54) is 6.08 Å². The summed E-state index contributed by atoms with van der Waals surface area (Å²) in [5.41, 5.74) is 1.63. The van der Waals surface area contributed by atoms with Crippen LogP contribution in [0.15, 0.2) is 54.4 Å². The third-order valence-corrected chi connectivity index (χ3v) is 4.03. The van der Waals surface area contributed by atoms with Gasteiger partial charge in [-0.15, -0.1) is 0 Å². The van der Waals surface area contributed by atoms with Gasteiger partial charge in [0.1, 0.15) is 6.10 Å². The van der Waals surface area contributed by atoms with E-state index < -0.39 is 0 Å². The van der Waals surface area contributed by atoms with Crippen LogP contribution in [0.2, 0.25) is 0 Å². The van der Waals surface area contributed by atoms with E-state index in [2.05, 4.69) is 6.58 Å². The fraction of sp³-hybridized carbons (Fsp3) is 0.316. The van der Waals surface area contributed by atoms with Gasteiger partial charge >= 0.3 is 0 Å². The highest BCUT2D eigenvalue weighted by molar-refractivity contribution is 6.28. The second-order valence-electron chi connectivity index (χ2n) is 5.42. The molecular weight excluding hydrogens is 290 g/mol. The van der Waals surface area contributed by atoms with E-state index in [0.29, 0.717) is 28.8 Å². The molecule has 0 aliphatic heterocycles. The second kappa shape index (κ2) is 7.29. The number of rotatable bonds is 6. The molecule has 1 aliphatic carbocycles. The number of aromatic nitrogens is 1. The molecule has 4 heteroatoms. The van der Waals surface area contributed by atoms with Crippen LogP contribution < -0.4 is 4.57 Å². The minimum atomic E-state index is -0.159. The Hall–Kier alpha value is -2.33. The molecule has 0 bridgehead atoms. The maximum Gasteiger partial charge on any atom is 0.200 e. The first-order valence-corrected chi connectivity index (χ1v) is 7.72. The van der Waals surface area contributed by atoms with Crippen LogP contribution in [0, 0.1) is 0 Å². The van der Waals surface area contributed by atoms with Gasteiger partial charge in [-0.05, 0) is 13.3 Å². The highest BCUT2D eigenvalue weighted by Crippen LogP contribution is 2.26. The number of hydrogen-bond donors (Lipinski definition) is 0. The molecule has 120 valence electrons. The molecule has 1 aromatic heterocycles. The van der Waals surface area contributed by atoms with Crippen LogP contribution >= 0.6 is 0 Å². The zero-order valence-corrected chi connectivity index (χ0v) is 13.8. The normalized spacial score (nSPS) is 16.0. The van der Waals surface area contributed by atoms with Gasteiger partial charge in [-0.3, -0.25) is 9.59 Å². The van der Waals surface area contributed by atoms with E-state index in [9.17, 15) is 9.59 Å². The van der Waals surface area contributed by atoms with Crippen molar-refractivity contribution in [2.75, 3.05) is 7.11 Å². The van der Waals surface area contributed by atoms with E-state index in [1.54, 1.807) is 31.5 Å². The Bertz CT molecular complexity index is 709. The van der Waals surface area contributed by atoms with Crippen molar-refractivity contribution in [1.29, 1.82) is 0 Å². The third kappa shape index (κ3) is 3.22. The second-order valence-corrected chi connectivity index (χ2v) is 5.42. The quantitative estimate of drug-likeness (QED) is 0.759. The van der Waals surface area contributed by atoms with Gasteiger partial charge in [-0.25, -0.2) is 4.57 Å². The van der Waals surface area contributed by atoms with E-state index in [0.717, 1.165) is 6.42 Å². The molecule has 1 unspecified atom stereocenters. The molecule has 2 rings (SSSR count). The molecule has 23 heavy (non-hydrogen) atoms. The van der Waals surface area contributed by atoms with Crippen molar-refractivity contribution in [2.24, 2.45) is 0 Å². The van der Waals surface area contributed by atoms with Gasteiger partial charge in [0, 0.05) is 29.9 Å². The van der Waals surface area contributed by atoms with Gasteiger partial charge in [-0.1, -0.05) is 31.7 Å². The summed E-state index contributed by atoms with van der Waals surface area (Å²) >= 11 is 0. The predicted molar refractivity (Wildman–Crippen MR) is 88.4 cm³/mol. The van der Waals surface area contributed by atoms with Crippen LogP contribution in [0.1, 0.15) is 41.0 Å². The number of ketones is 2. The van der Waals surface area contributed by atoms with Gasteiger partial charge in [0.05, 0.1) is 5.56 Å². The van der Waals surface area contributed by atoms with Crippen LogP contribution in [0.25, 0.3) is 0 Å². The van der Waals surface area contributed by atoms with Crippen LogP contribution in [-0.2, 0) is 11.3 Å². The molecule has 1 heterocycles. The van der Waals surface area contributed by atoms with Gasteiger partial charge < -0.3 is 4.74 Å². The van der Waals surface area contributed by atoms with Crippen molar-refractivity contribution in [1.82, 2.24) is 0 Å². The van der Waals surface area contributed by atoms with Crippen LogP contribution in [0.5, 0.6) is 0 Å². The summed E-state index contributed by atoms with van der Waals surface area (Å²) in [6, 6.07) is 1.70. The van der Waals surface area contributed by atoms with Crippen LogP contribution in [-0.4, -0.2) is 24.8 Å². The Kier molecular flexibility index (Phi) is 5.40. The molecule has 4 nitrogen and oxygen atoms in total. The number of ether oxygens (including phenoxy) is 1. The van der Waals surface area contributed by atoms with Crippen molar-refractivity contribution < 1.29 is 18.9 Å². The molecule has 0 radical (unpaired) electrons. The maximum atomic E-state index is 12.7. The lowest BCUT2D eigenvalue weighted by Crippen LogP contribution is -2.41. The van der Waals surface area contributed by atoms with Gasteiger partial charge in [-0.2, -0.15) is 0 Å². The van der Waals surface area contributed by atoms with E-state index in [4.69, 9.17) is 4.74 Å². The van der Waals surface area contributed by atoms with E-state index >= 15 is 0 Å².